The van der Waals surface area contributed by atoms with Gasteiger partial charge in [-0.1, -0.05) is 0 Å². The Hall–Kier alpha value is -1.22. The summed E-state index contributed by atoms with van der Waals surface area (Å²) in [5, 5.41) is 0. The number of nitrogens with two attached hydrogens (primary N) is 1. The molecule has 1 aromatic carbocycles. The van der Waals surface area contributed by atoms with Crippen LogP contribution in [0.2, 0.25) is 0 Å². The maximum atomic E-state index is 5.95. The van der Waals surface area contributed by atoms with Crippen LogP contribution in [0.15, 0.2) is 12.1 Å². The monoisotopic (exact) mass is 235 g/mol. The summed E-state index contributed by atoms with van der Waals surface area (Å²) in [6.07, 6.45) is 2.21. The van der Waals surface area contributed by atoms with Gasteiger partial charge < -0.3 is 15.2 Å². The molecule has 0 spiro atoms. The Morgan fingerprint density at radius 3 is 2.41 bits per heavy atom. The second kappa shape index (κ2) is 5.41. The molecule has 3 nitrogen and oxygen atoms in total. The van der Waals surface area contributed by atoms with Crippen molar-refractivity contribution in [3.05, 3.63) is 23.3 Å². The van der Waals surface area contributed by atoms with E-state index in [0.717, 1.165) is 55.2 Å². The molecule has 0 atom stereocenters. The van der Waals surface area contributed by atoms with E-state index in [0.29, 0.717) is 5.92 Å². The van der Waals surface area contributed by atoms with Gasteiger partial charge in [-0.15, -0.1) is 0 Å². The number of rotatable bonds is 3. The molecule has 0 amide bonds. The number of nitrogen functional groups attached to an aromatic ring is 1. The zero-order valence-electron chi connectivity index (χ0n) is 10.7. The van der Waals surface area contributed by atoms with Crippen molar-refractivity contribution in [1.29, 1.82) is 0 Å². The van der Waals surface area contributed by atoms with Gasteiger partial charge in [-0.25, -0.2) is 0 Å². The summed E-state index contributed by atoms with van der Waals surface area (Å²) >= 11 is 0. The molecule has 0 saturated carbocycles. The SMILES string of the molecule is Cc1cc(N)cc(C)c1OCC1CCOCC1. The number of hydrogen-bond donors (Lipinski definition) is 1. The Balaban J connectivity index is 1.98. The van der Waals surface area contributed by atoms with Gasteiger partial charge in [0.1, 0.15) is 5.75 Å². The Morgan fingerprint density at radius 1 is 1.24 bits per heavy atom. The van der Waals surface area contributed by atoms with Gasteiger partial charge in [0.2, 0.25) is 0 Å². The largest absolute Gasteiger partial charge is 0.493 e. The average Bonchev–Trinajstić information content (AvgIpc) is 2.29. The zero-order valence-corrected chi connectivity index (χ0v) is 10.7. The van der Waals surface area contributed by atoms with Gasteiger partial charge in [0.05, 0.1) is 6.61 Å². The zero-order chi connectivity index (χ0) is 12.3. The molecule has 1 saturated heterocycles. The number of benzene rings is 1. The lowest BCUT2D eigenvalue weighted by Crippen LogP contribution is -2.21. The van der Waals surface area contributed by atoms with Crippen LogP contribution in [0.25, 0.3) is 0 Å². The van der Waals surface area contributed by atoms with Crippen molar-refractivity contribution in [2.45, 2.75) is 26.7 Å². The highest BCUT2D eigenvalue weighted by Gasteiger charge is 2.15. The predicted octanol–water partition coefficient (Wildman–Crippen LogP) is 2.69. The van der Waals surface area contributed by atoms with Crippen molar-refractivity contribution >= 4 is 5.69 Å². The Bertz CT molecular complexity index is 361. The summed E-state index contributed by atoms with van der Waals surface area (Å²) < 4.78 is 11.3. The van der Waals surface area contributed by atoms with Gasteiger partial charge in [0, 0.05) is 18.9 Å². The van der Waals surface area contributed by atoms with E-state index >= 15 is 0 Å². The lowest BCUT2D eigenvalue weighted by atomic mass is 10.0. The fourth-order valence-electron chi connectivity index (χ4n) is 2.33. The van der Waals surface area contributed by atoms with Gasteiger partial charge >= 0.3 is 0 Å². The number of aryl methyl sites for hydroxylation is 2. The molecule has 1 aliphatic rings. The van der Waals surface area contributed by atoms with Crippen molar-refractivity contribution in [3.8, 4) is 5.75 Å². The van der Waals surface area contributed by atoms with Gasteiger partial charge in [-0.3, -0.25) is 0 Å². The Morgan fingerprint density at radius 2 is 1.82 bits per heavy atom. The third-order valence-corrected chi connectivity index (χ3v) is 3.29. The van der Waals surface area contributed by atoms with Gasteiger partial charge in [0.15, 0.2) is 0 Å². The fraction of sp³-hybridized carbons (Fsp3) is 0.571. The molecule has 0 aliphatic carbocycles. The highest BCUT2D eigenvalue weighted by molar-refractivity contribution is 5.52. The molecule has 0 unspecified atom stereocenters. The van der Waals surface area contributed by atoms with Crippen LogP contribution in [-0.4, -0.2) is 19.8 Å². The van der Waals surface area contributed by atoms with Crippen molar-refractivity contribution in [3.63, 3.8) is 0 Å². The summed E-state index contributed by atoms with van der Waals surface area (Å²) in [5.41, 5.74) is 8.84. The molecule has 1 fully saturated rings. The van der Waals surface area contributed by atoms with Crippen molar-refractivity contribution < 1.29 is 9.47 Å². The molecule has 17 heavy (non-hydrogen) atoms. The maximum Gasteiger partial charge on any atom is 0.125 e. The summed E-state index contributed by atoms with van der Waals surface area (Å²) in [7, 11) is 0. The summed E-state index contributed by atoms with van der Waals surface area (Å²) in [4.78, 5) is 0. The van der Waals surface area contributed by atoms with Crippen LogP contribution in [-0.2, 0) is 4.74 Å². The van der Waals surface area contributed by atoms with E-state index in [9.17, 15) is 0 Å². The van der Waals surface area contributed by atoms with Crippen LogP contribution in [0, 0.1) is 19.8 Å². The number of hydrogen-bond acceptors (Lipinski definition) is 3. The standard InChI is InChI=1S/C14H21NO2/c1-10-7-13(15)8-11(2)14(10)17-9-12-3-5-16-6-4-12/h7-8,12H,3-6,9,15H2,1-2H3. The molecule has 0 radical (unpaired) electrons. The topological polar surface area (TPSA) is 44.5 Å². The van der Waals surface area contributed by atoms with Crippen molar-refractivity contribution in [2.24, 2.45) is 5.92 Å². The molecule has 0 aromatic heterocycles. The smallest absolute Gasteiger partial charge is 0.125 e. The van der Waals surface area contributed by atoms with E-state index in [-0.39, 0.29) is 0 Å². The fourth-order valence-corrected chi connectivity index (χ4v) is 2.33. The van der Waals surface area contributed by atoms with E-state index in [2.05, 4.69) is 0 Å². The van der Waals surface area contributed by atoms with Crippen LogP contribution in [0.3, 0.4) is 0 Å². The van der Waals surface area contributed by atoms with Crippen molar-refractivity contribution in [1.82, 2.24) is 0 Å². The minimum atomic E-state index is 0.625. The summed E-state index contributed by atoms with van der Waals surface area (Å²) in [5.74, 6) is 1.62. The molecule has 1 aromatic rings. The van der Waals surface area contributed by atoms with Crippen molar-refractivity contribution in [2.75, 3.05) is 25.6 Å². The third-order valence-electron chi connectivity index (χ3n) is 3.29. The normalized spacial score (nSPS) is 17.1. The molecule has 94 valence electrons. The highest BCUT2D eigenvalue weighted by atomic mass is 16.5. The first-order valence-electron chi connectivity index (χ1n) is 6.24. The first-order valence-corrected chi connectivity index (χ1v) is 6.24. The average molecular weight is 235 g/mol. The van der Waals surface area contributed by atoms with E-state index < -0.39 is 0 Å². The van der Waals surface area contributed by atoms with E-state index in [1.165, 1.54) is 0 Å². The minimum Gasteiger partial charge on any atom is -0.493 e. The van der Waals surface area contributed by atoms with Crippen LogP contribution < -0.4 is 10.5 Å². The second-order valence-electron chi connectivity index (χ2n) is 4.85. The molecule has 2 N–H and O–H groups in total. The summed E-state index contributed by atoms with van der Waals surface area (Å²) in [6, 6.07) is 3.93. The first-order chi connectivity index (χ1) is 8.16. The quantitative estimate of drug-likeness (QED) is 0.819. The van der Waals surface area contributed by atoms with E-state index in [1.54, 1.807) is 0 Å². The highest BCUT2D eigenvalue weighted by Crippen LogP contribution is 2.27. The van der Waals surface area contributed by atoms with E-state index in [4.69, 9.17) is 15.2 Å². The predicted molar refractivity (Wildman–Crippen MR) is 69.4 cm³/mol. The maximum absolute atomic E-state index is 5.95. The third kappa shape index (κ3) is 3.13. The molecular formula is C14H21NO2. The Kier molecular flexibility index (Phi) is 3.89. The minimum absolute atomic E-state index is 0.625. The van der Waals surface area contributed by atoms with Gasteiger partial charge in [0.25, 0.3) is 0 Å². The first kappa shape index (κ1) is 12.2. The molecule has 2 rings (SSSR count). The number of anilines is 1. The molecular weight excluding hydrogens is 214 g/mol. The molecule has 3 heteroatoms. The van der Waals surface area contributed by atoms with Crippen LogP contribution in [0.1, 0.15) is 24.0 Å². The van der Waals surface area contributed by atoms with Gasteiger partial charge in [-0.2, -0.15) is 0 Å². The van der Waals surface area contributed by atoms with E-state index in [1.807, 2.05) is 26.0 Å². The molecule has 1 aliphatic heterocycles. The Labute approximate surface area is 103 Å². The second-order valence-corrected chi connectivity index (χ2v) is 4.85. The van der Waals surface area contributed by atoms with Crippen LogP contribution in [0.5, 0.6) is 5.75 Å². The summed E-state index contributed by atoms with van der Waals surface area (Å²) in [6.45, 7) is 6.61. The molecule has 0 bridgehead atoms. The lowest BCUT2D eigenvalue weighted by molar-refractivity contribution is 0.0495. The van der Waals surface area contributed by atoms with Gasteiger partial charge in [-0.05, 0) is 55.9 Å². The molecule has 1 heterocycles. The lowest BCUT2D eigenvalue weighted by Gasteiger charge is -2.23. The number of ether oxygens (including phenoxy) is 2. The van der Waals surface area contributed by atoms with Crippen LogP contribution in [0.4, 0.5) is 5.69 Å². The van der Waals surface area contributed by atoms with Crippen LogP contribution >= 0.6 is 0 Å².